The van der Waals surface area contributed by atoms with Gasteiger partial charge >= 0.3 is 30.1 Å². The topological polar surface area (TPSA) is 311 Å². The molecule has 10 N–H and O–H groups in total. The van der Waals surface area contributed by atoms with E-state index in [0.717, 1.165) is 11.1 Å². The summed E-state index contributed by atoms with van der Waals surface area (Å²) in [6, 6.07) is 15.6. The molecule has 20 nitrogen and oxygen atoms in total. The van der Waals surface area contributed by atoms with Gasteiger partial charge in [-0.2, -0.15) is 0 Å². The molecule has 5 amide bonds. The van der Waals surface area contributed by atoms with Crippen molar-refractivity contribution >= 4 is 47.8 Å². The zero-order valence-corrected chi connectivity index (χ0v) is 37.8. The second kappa shape index (κ2) is 27.8. The third-order valence-electron chi connectivity index (χ3n) is 9.41. The van der Waals surface area contributed by atoms with Crippen LogP contribution in [0.25, 0.3) is 0 Å². The Bertz CT molecular complexity index is 1800. The van der Waals surface area contributed by atoms with Crippen LogP contribution < -0.4 is 32.3 Å². The van der Waals surface area contributed by atoms with Crippen molar-refractivity contribution in [2.24, 2.45) is 16.6 Å². The lowest BCUT2D eigenvalue weighted by molar-refractivity contribution is -0.152. The average Bonchev–Trinajstić information content (AvgIpc) is 3.63. The van der Waals surface area contributed by atoms with Crippen molar-refractivity contribution in [3.63, 3.8) is 0 Å². The molecule has 2 aromatic carbocycles. The minimum absolute atomic E-state index is 0.0163. The molecule has 0 saturated carbocycles. The first-order valence-corrected chi connectivity index (χ1v) is 20.6. The SMILES string of the molecule is COC(=O)N[C@H](C(=O)NC(Cc1ccccc1)C(O)CN)C(C)(C)C.COC(=O)N[C@H](C(=O)NC(Cc1ccccc1)C(O)CNC(=O)CCC(=O)O)C(C)(C)C.O=C1CCC(=O)O1. The molecule has 0 spiro atoms. The van der Waals surface area contributed by atoms with E-state index in [1.165, 1.54) is 14.2 Å². The first-order chi connectivity index (χ1) is 29.9. The highest BCUT2D eigenvalue weighted by Gasteiger charge is 2.37. The van der Waals surface area contributed by atoms with Crippen LogP contribution >= 0.6 is 0 Å². The van der Waals surface area contributed by atoms with Gasteiger partial charge in [-0.3, -0.25) is 28.8 Å². The lowest BCUT2D eigenvalue weighted by Crippen LogP contribution is -2.58. The third kappa shape index (κ3) is 22.3. The fourth-order valence-electron chi connectivity index (χ4n) is 5.81. The summed E-state index contributed by atoms with van der Waals surface area (Å²) in [5.41, 5.74) is 6.21. The number of hydrogen-bond acceptors (Lipinski definition) is 14. The van der Waals surface area contributed by atoms with E-state index < -0.39 is 95.0 Å². The smallest absolute Gasteiger partial charge is 0.407 e. The number of aliphatic hydroxyl groups is 2. The molecule has 4 unspecified atom stereocenters. The van der Waals surface area contributed by atoms with E-state index in [2.05, 4.69) is 40.8 Å². The van der Waals surface area contributed by atoms with Gasteiger partial charge in [0.2, 0.25) is 17.7 Å². The largest absolute Gasteiger partial charge is 0.481 e. The minimum atomic E-state index is -1.16. The molecule has 0 aliphatic carbocycles. The molecule has 1 aliphatic heterocycles. The predicted molar refractivity (Wildman–Crippen MR) is 233 cm³/mol. The van der Waals surface area contributed by atoms with Gasteiger partial charge in [0.15, 0.2) is 0 Å². The molecule has 2 aromatic rings. The molecule has 0 radical (unpaired) electrons. The van der Waals surface area contributed by atoms with Crippen LogP contribution in [0.5, 0.6) is 0 Å². The second-order valence-corrected chi connectivity index (χ2v) is 16.9. The zero-order valence-electron chi connectivity index (χ0n) is 37.8. The number of ether oxygens (including phenoxy) is 3. The Hall–Kier alpha value is -6.12. The molecule has 6 atom stereocenters. The molecular formula is C44H66N6O14. The molecule has 1 aliphatic rings. The summed E-state index contributed by atoms with van der Waals surface area (Å²) < 4.78 is 13.3. The van der Waals surface area contributed by atoms with E-state index >= 15 is 0 Å². The number of carboxylic acid groups (broad SMARTS) is 1. The monoisotopic (exact) mass is 902 g/mol. The van der Waals surface area contributed by atoms with Crippen molar-refractivity contribution in [2.45, 2.75) is 116 Å². The van der Waals surface area contributed by atoms with Crippen LogP contribution in [0.4, 0.5) is 9.59 Å². The maximum atomic E-state index is 13.0. The molecular weight excluding hydrogens is 837 g/mol. The fourth-order valence-corrected chi connectivity index (χ4v) is 5.81. The Morgan fingerprint density at radius 3 is 1.36 bits per heavy atom. The van der Waals surface area contributed by atoms with Crippen LogP contribution in [0.3, 0.4) is 0 Å². The van der Waals surface area contributed by atoms with Gasteiger partial charge < -0.3 is 61.8 Å². The molecule has 3 rings (SSSR count). The summed E-state index contributed by atoms with van der Waals surface area (Å²) in [4.78, 5) is 91.5. The lowest BCUT2D eigenvalue weighted by atomic mass is 9.85. The van der Waals surface area contributed by atoms with E-state index in [-0.39, 0.29) is 45.2 Å². The van der Waals surface area contributed by atoms with E-state index in [4.69, 9.17) is 10.8 Å². The molecule has 1 heterocycles. The number of aliphatic carboxylic acids is 1. The Labute approximate surface area is 373 Å². The number of hydrogen-bond donors (Lipinski definition) is 9. The quantitative estimate of drug-likeness (QED) is 0.0582. The Kier molecular flexibility index (Phi) is 24.3. The van der Waals surface area contributed by atoms with Crippen molar-refractivity contribution in [2.75, 3.05) is 27.3 Å². The number of nitrogens with two attached hydrogens (primary N) is 1. The number of amides is 5. The Morgan fingerprint density at radius 2 is 1.05 bits per heavy atom. The van der Waals surface area contributed by atoms with Gasteiger partial charge in [-0.1, -0.05) is 102 Å². The standard InChI is InChI=1S/C22H33N3O7.C18H29N3O4.C4H4O3/c1-22(2,3)19(25-21(31)32-4)20(30)24-15(12-14-8-6-5-7-9-14)16(26)13-23-17(27)10-11-18(28)29;1-18(2,3)15(21-17(24)25-4)16(23)20-13(14(22)11-19)10-12-8-6-5-7-9-12;5-3-1-2-4(6)7-3/h5-9,15-16,19,26H,10-13H2,1-4H3,(H,23,27)(H,24,30)(H,25,31)(H,28,29);5-9,13-15,22H,10-11,19H2,1-4H3,(H,20,23)(H,21,24);1-2H2/t15?,16?,19-;13?,14?,15-;/m11./s1. The number of esters is 2. The van der Waals surface area contributed by atoms with Crippen molar-refractivity contribution in [3.8, 4) is 0 Å². The maximum absolute atomic E-state index is 13.0. The zero-order chi connectivity index (χ0) is 48.6. The number of carbonyl (C=O) groups excluding carboxylic acids is 7. The molecule has 356 valence electrons. The molecule has 0 bridgehead atoms. The van der Waals surface area contributed by atoms with Gasteiger partial charge in [0, 0.05) is 19.5 Å². The van der Waals surface area contributed by atoms with Crippen LogP contribution in [0.2, 0.25) is 0 Å². The number of carbonyl (C=O) groups is 8. The molecule has 0 aromatic heterocycles. The first kappa shape index (κ1) is 55.9. The summed E-state index contributed by atoms with van der Waals surface area (Å²) in [6.07, 6.45) is -2.81. The number of aliphatic hydroxyl groups excluding tert-OH is 2. The van der Waals surface area contributed by atoms with Crippen molar-refractivity contribution in [3.05, 3.63) is 71.8 Å². The van der Waals surface area contributed by atoms with Crippen molar-refractivity contribution < 1.29 is 67.9 Å². The lowest BCUT2D eigenvalue weighted by Gasteiger charge is -2.32. The van der Waals surface area contributed by atoms with E-state index in [0.29, 0.717) is 6.42 Å². The summed E-state index contributed by atoms with van der Waals surface area (Å²) in [6.45, 7) is 10.7. The normalized spacial score (nSPS) is 15.0. The third-order valence-corrected chi connectivity index (χ3v) is 9.41. The fraction of sp³-hybridized carbons (Fsp3) is 0.545. The van der Waals surface area contributed by atoms with Crippen LogP contribution in [-0.4, -0.2) is 127 Å². The van der Waals surface area contributed by atoms with Gasteiger partial charge in [-0.25, -0.2) is 9.59 Å². The highest BCUT2D eigenvalue weighted by Crippen LogP contribution is 2.22. The Balaban J connectivity index is 0.000000564. The average molecular weight is 903 g/mol. The van der Waals surface area contributed by atoms with Crippen LogP contribution in [0.15, 0.2) is 60.7 Å². The Morgan fingerprint density at radius 1 is 0.656 bits per heavy atom. The number of rotatable bonds is 18. The first-order valence-electron chi connectivity index (χ1n) is 20.6. The number of cyclic esters (lactones) is 2. The van der Waals surface area contributed by atoms with E-state index in [1.54, 1.807) is 20.8 Å². The number of carboxylic acids is 1. The summed E-state index contributed by atoms with van der Waals surface area (Å²) in [5.74, 6) is -3.32. The van der Waals surface area contributed by atoms with Gasteiger partial charge in [0.05, 0.1) is 57.8 Å². The van der Waals surface area contributed by atoms with Crippen molar-refractivity contribution in [1.29, 1.82) is 0 Å². The highest BCUT2D eigenvalue weighted by molar-refractivity contribution is 5.92. The predicted octanol–water partition coefficient (Wildman–Crippen LogP) is 1.48. The molecule has 20 heteroatoms. The van der Waals surface area contributed by atoms with E-state index in [9.17, 15) is 48.6 Å². The number of benzene rings is 2. The van der Waals surface area contributed by atoms with Crippen LogP contribution in [-0.2, 0) is 55.8 Å². The van der Waals surface area contributed by atoms with E-state index in [1.807, 2.05) is 81.4 Å². The number of nitrogens with one attached hydrogen (secondary N) is 5. The van der Waals surface area contributed by atoms with Gasteiger partial charge in [-0.05, 0) is 34.8 Å². The summed E-state index contributed by atoms with van der Waals surface area (Å²) in [5, 5.41) is 42.7. The van der Waals surface area contributed by atoms with Gasteiger partial charge in [0.1, 0.15) is 12.1 Å². The minimum Gasteiger partial charge on any atom is -0.481 e. The summed E-state index contributed by atoms with van der Waals surface area (Å²) >= 11 is 0. The molecule has 1 saturated heterocycles. The van der Waals surface area contributed by atoms with Crippen LogP contribution in [0.1, 0.15) is 78.4 Å². The number of alkyl carbamates (subject to hydrolysis) is 2. The number of methoxy groups -OCH3 is 2. The maximum Gasteiger partial charge on any atom is 0.407 e. The second-order valence-electron chi connectivity index (χ2n) is 16.9. The van der Waals surface area contributed by atoms with Crippen molar-refractivity contribution in [1.82, 2.24) is 26.6 Å². The van der Waals surface area contributed by atoms with Gasteiger partial charge in [-0.15, -0.1) is 0 Å². The molecule has 1 fully saturated rings. The highest BCUT2D eigenvalue weighted by atomic mass is 16.6. The molecule has 64 heavy (non-hydrogen) atoms. The summed E-state index contributed by atoms with van der Waals surface area (Å²) in [7, 11) is 2.44. The van der Waals surface area contributed by atoms with Gasteiger partial charge in [0.25, 0.3) is 0 Å². The van der Waals surface area contributed by atoms with Crippen LogP contribution in [0, 0.1) is 10.8 Å².